The van der Waals surface area contributed by atoms with Gasteiger partial charge in [-0.05, 0) is 55.8 Å². The number of nitrogens with one attached hydrogen (secondary N) is 1. The van der Waals surface area contributed by atoms with E-state index in [2.05, 4.69) is 66.2 Å². The molecule has 0 fully saturated rings. The Morgan fingerprint density at radius 2 is 1.88 bits per heavy atom. The molecule has 126 valence electrons. The summed E-state index contributed by atoms with van der Waals surface area (Å²) in [5, 5.41) is 4.85. The first-order valence-electron chi connectivity index (χ1n) is 8.70. The molecule has 0 aliphatic heterocycles. The van der Waals surface area contributed by atoms with Crippen LogP contribution >= 0.6 is 0 Å². The monoisotopic (exact) mass is 322 g/mol. The van der Waals surface area contributed by atoms with Crippen LogP contribution in [0.1, 0.15) is 31.0 Å². The number of benzene rings is 2. The summed E-state index contributed by atoms with van der Waals surface area (Å²) >= 11 is 0. The van der Waals surface area contributed by atoms with Gasteiger partial charge in [-0.1, -0.05) is 31.5 Å². The second kappa shape index (κ2) is 7.54. The number of hydrogen-bond acceptors (Lipinski definition) is 2. The molecule has 0 atom stereocenters. The SMILES string of the molecule is CCCCNCc1c(C)n(-c2ccccc2)c2ccc(OC)cc12. The smallest absolute Gasteiger partial charge is 0.119 e. The van der Waals surface area contributed by atoms with Crippen molar-refractivity contribution >= 4 is 10.9 Å². The first kappa shape index (κ1) is 16.6. The van der Waals surface area contributed by atoms with Gasteiger partial charge in [-0.15, -0.1) is 0 Å². The molecule has 0 bridgehead atoms. The maximum absolute atomic E-state index is 5.45. The van der Waals surface area contributed by atoms with Crippen LogP contribution in [0, 0.1) is 6.92 Å². The van der Waals surface area contributed by atoms with E-state index in [0.717, 1.165) is 18.8 Å². The van der Waals surface area contributed by atoms with E-state index in [0.29, 0.717) is 0 Å². The van der Waals surface area contributed by atoms with Gasteiger partial charge in [-0.3, -0.25) is 0 Å². The fourth-order valence-corrected chi connectivity index (χ4v) is 3.24. The highest BCUT2D eigenvalue weighted by Gasteiger charge is 2.15. The number of aromatic nitrogens is 1. The molecule has 0 aliphatic rings. The van der Waals surface area contributed by atoms with Gasteiger partial charge in [0.25, 0.3) is 0 Å². The minimum Gasteiger partial charge on any atom is -0.497 e. The number of hydrogen-bond donors (Lipinski definition) is 1. The average Bonchev–Trinajstić information content (AvgIpc) is 2.90. The van der Waals surface area contributed by atoms with E-state index in [9.17, 15) is 0 Å². The molecule has 24 heavy (non-hydrogen) atoms. The fraction of sp³-hybridized carbons (Fsp3) is 0.333. The van der Waals surface area contributed by atoms with Crippen molar-refractivity contribution in [3.63, 3.8) is 0 Å². The molecule has 0 saturated heterocycles. The summed E-state index contributed by atoms with van der Waals surface area (Å²) in [4.78, 5) is 0. The summed E-state index contributed by atoms with van der Waals surface area (Å²) in [7, 11) is 1.72. The van der Waals surface area contributed by atoms with E-state index in [1.807, 2.05) is 6.07 Å². The molecule has 0 unspecified atom stereocenters. The van der Waals surface area contributed by atoms with E-state index in [-0.39, 0.29) is 0 Å². The van der Waals surface area contributed by atoms with Crippen LogP contribution in [-0.4, -0.2) is 18.2 Å². The maximum Gasteiger partial charge on any atom is 0.119 e. The van der Waals surface area contributed by atoms with E-state index in [1.165, 1.54) is 40.7 Å². The normalized spacial score (nSPS) is 11.1. The van der Waals surface area contributed by atoms with Crippen LogP contribution in [0.2, 0.25) is 0 Å². The zero-order valence-electron chi connectivity index (χ0n) is 14.8. The van der Waals surface area contributed by atoms with E-state index >= 15 is 0 Å². The van der Waals surface area contributed by atoms with Crippen LogP contribution in [0.15, 0.2) is 48.5 Å². The van der Waals surface area contributed by atoms with Gasteiger partial charge in [-0.2, -0.15) is 0 Å². The molecule has 3 aromatic rings. The standard InChI is InChI=1S/C21H26N2O/c1-4-5-13-22-15-20-16(2)23(17-9-7-6-8-10-17)21-12-11-18(24-3)14-19(20)21/h6-12,14,22H,4-5,13,15H2,1-3H3. The molecule has 0 aliphatic carbocycles. The molecular formula is C21H26N2O. The molecule has 3 nitrogen and oxygen atoms in total. The number of methoxy groups -OCH3 is 1. The Morgan fingerprint density at radius 3 is 2.58 bits per heavy atom. The van der Waals surface area contributed by atoms with Crippen LogP contribution in [0.4, 0.5) is 0 Å². The lowest BCUT2D eigenvalue weighted by Crippen LogP contribution is -2.15. The lowest BCUT2D eigenvalue weighted by atomic mass is 10.1. The number of fused-ring (bicyclic) bond motifs is 1. The van der Waals surface area contributed by atoms with Gasteiger partial charge in [0, 0.05) is 23.3 Å². The minimum absolute atomic E-state index is 0.884. The Hall–Kier alpha value is -2.26. The van der Waals surface area contributed by atoms with Crippen molar-refractivity contribution in [3.05, 3.63) is 59.8 Å². The Balaban J connectivity index is 2.09. The van der Waals surface area contributed by atoms with Crippen molar-refractivity contribution in [2.75, 3.05) is 13.7 Å². The molecule has 0 amide bonds. The third-order valence-corrected chi connectivity index (χ3v) is 4.57. The highest BCUT2D eigenvalue weighted by molar-refractivity contribution is 5.88. The Morgan fingerprint density at radius 1 is 1.08 bits per heavy atom. The third-order valence-electron chi connectivity index (χ3n) is 4.57. The van der Waals surface area contributed by atoms with Crippen molar-refractivity contribution in [1.29, 1.82) is 0 Å². The van der Waals surface area contributed by atoms with E-state index < -0.39 is 0 Å². The number of unbranched alkanes of at least 4 members (excludes halogenated alkanes) is 1. The molecule has 0 radical (unpaired) electrons. The highest BCUT2D eigenvalue weighted by atomic mass is 16.5. The maximum atomic E-state index is 5.45. The predicted octanol–water partition coefficient (Wildman–Crippen LogP) is 4.84. The van der Waals surface area contributed by atoms with Gasteiger partial charge in [-0.25, -0.2) is 0 Å². The third kappa shape index (κ3) is 3.17. The Labute approximate surface area is 144 Å². The molecule has 2 aromatic carbocycles. The molecule has 1 aromatic heterocycles. The molecule has 3 rings (SSSR count). The zero-order chi connectivity index (χ0) is 16.9. The fourth-order valence-electron chi connectivity index (χ4n) is 3.24. The minimum atomic E-state index is 0.884. The van der Waals surface area contributed by atoms with Crippen molar-refractivity contribution in [3.8, 4) is 11.4 Å². The lowest BCUT2D eigenvalue weighted by molar-refractivity contribution is 0.415. The summed E-state index contributed by atoms with van der Waals surface area (Å²) < 4.78 is 7.78. The van der Waals surface area contributed by atoms with Crippen LogP contribution in [-0.2, 0) is 6.54 Å². The summed E-state index contributed by atoms with van der Waals surface area (Å²) in [6, 6.07) is 16.9. The first-order valence-corrected chi connectivity index (χ1v) is 8.70. The molecular weight excluding hydrogens is 296 g/mol. The van der Waals surface area contributed by atoms with Crippen molar-refractivity contribution in [1.82, 2.24) is 9.88 Å². The summed E-state index contributed by atoms with van der Waals surface area (Å²) in [5.74, 6) is 0.905. The zero-order valence-corrected chi connectivity index (χ0v) is 14.8. The first-order chi connectivity index (χ1) is 11.8. The summed E-state index contributed by atoms with van der Waals surface area (Å²) in [5.41, 5.74) is 5.06. The van der Waals surface area contributed by atoms with Gasteiger partial charge in [0.1, 0.15) is 5.75 Å². The van der Waals surface area contributed by atoms with Gasteiger partial charge in [0.05, 0.1) is 12.6 Å². The second-order valence-electron chi connectivity index (χ2n) is 6.15. The molecule has 1 N–H and O–H groups in total. The lowest BCUT2D eigenvalue weighted by Gasteiger charge is -2.09. The van der Waals surface area contributed by atoms with Crippen LogP contribution in [0.5, 0.6) is 5.75 Å². The van der Waals surface area contributed by atoms with Gasteiger partial charge < -0.3 is 14.6 Å². The van der Waals surface area contributed by atoms with Crippen LogP contribution in [0.3, 0.4) is 0 Å². The molecule has 3 heteroatoms. The number of para-hydroxylation sites is 1. The van der Waals surface area contributed by atoms with Gasteiger partial charge in [0.2, 0.25) is 0 Å². The number of rotatable bonds is 7. The number of nitrogens with zero attached hydrogens (tertiary/aromatic N) is 1. The van der Waals surface area contributed by atoms with E-state index in [4.69, 9.17) is 4.74 Å². The second-order valence-corrected chi connectivity index (χ2v) is 6.15. The quantitative estimate of drug-likeness (QED) is 0.630. The van der Waals surface area contributed by atoms with Crippen molar-refractivity contribution in [2.24, 2.45) is 0 Å². The Bertz CT molecular complexity index is 806. The van der Waals surface area contributed by atoms with Crippen LogP contribution < -0.4 is 10.1 Å². The molecule has 1 heterocycles. The summed E-state index contributed by atoms with van der Waals surface area (Å²) in [6.07, 6.45) is 2.42. The van der Waals surface area contributed by atoms with Crippen molar-refractivity contribution in [2.45, 2.75) is 33.2 Å². The van der Waals surface area contributed by atoms with E-state index in [1.54, 1.807) is 7.11 Å². The average molecular weight is 322 g/mol. The molecule has 0 saturated carbocycles. The van der Waals surface area contributed by atoms with Crippen molar-refractivity contribution < 1.29 is 4.74 Å². The summed E-state index contributed by atoms with van der Waals surface area (Å²) in [6.45, 7) is 6.36. The largest absolute Gasteiger partial charge is 0.497 e. The molecule has 0 spiro atoms. The van der Waals surface area contributed by atoms with Gasteiger partial charge >= 0.3 is 0 Å². The number of ether oxygens (including phenoxy) is 1. The topological polar surface area (TPSA) is 26.2 Å². The van der Waals surface area contributed by atoms with Crippen LogP contribution in [0.25, 0.3) is 16.6 Å². The van der Waals surface area contributed by atoms with Gasteiger partial charge in [0.15, 0.2) is 0 Å². The predicted molar refractivity (Wildman–Crippen MR) is 101 cm³/mol. The Kier molecular flexibility index (Phi) is 5.21. The highest BCUT2D eigenvalue weighted by Crippen LogP contribution is 2.31.